The number of benzene rings is 3. The van der Waals surface area contributed by atoms with Crippen molar-refractivity contribution in [3.63, 3.8) is 0 Å². The normalized spacial score (nSPS) is 10.5. The summed E-state index contributed by atoms with van der Waals surface area (Å²) in [5.74, 6) is -2.11. The SMILES string of the molecule is Nc1cc(NC(=O)c2cc(F)cc(F)c2)ccc1Sc1ccc(O)cc1. The number of nitrogens with two attached hydrogens (primary N) is 1. The van der Waals surface area contributed by atoms with Crippen molar-refractivity contribution in [3.8, 4) is 5.75 Å². The molecule has 7 heteroatoms. The van der Waals surface area contributed by atoms with Crippen LogP contribution >= 0.6 is 11.8 Å². The molecule has 0 aliphatic carbocycles. The van der Waals surface area contributed by atoms with E-state index in [1.807, 2.05) is 0 Å². The number of carbonyl (C=O) groups excluding carboxylic acids is 1. The average Bonchev–Trinajstić information content (AvgIpc) is 2.58. The van der Waals surface area contributed by atoms with E-state index in [2.05, 4.69) is 5.32 Å². The van der Waals surface area contributed by atoms with Gasteiger partial charge in [-0.15, -0.1) is 0 Å². The highest BCUT2D eigenvalue weighted by atomic mass is 32.2. The Morgan fingerprint density at radius 1 is 0.962 bits per heavy atom. The van der Waals surface area contributed by atoms with Gasteiger partial charge in [0.05, 0.1) is 0 Å². The first-order valence-corrected chi connectivity index (χ1v) is 8.36. The summed E-state index contributed by atoms with van der Waals surface area (Å²) < 4.78 is 26.4. The molecule has 0 fully saturated rings. The maximum Gasteiger partial charge on any atom is 0.255 e. The molecule has 3 aromatic carbocycles. The summed E-state index contributed by atoms with van der Waals surface area (Å²) in [5.41, 5.74) is 6.74. The Labute approximate surface area is 152 Å². The van der Waals surface area contributed by atoms with Crippen molar-refractivity contribution in [1.29, 1.82) is 0 Å². The zero-order chi connectivity index (χ0) is 18.7. The minimum absolute atomic E-state index is 0.122. The largest absolute Gasteiger partial charge is 0.508 e. The Morgan fingerprint density at radius 2 is 1.62 bits per heavy atom. The summed E-state index contributed by atoms with van der Waals surface area (Å²) in [6.07, 6.45) is 0. The first kappa shape index (κ1) is 17.8. The van der Waals surface area contributed by atoms with E-state index in [4.69, 9.17) is 5.73 Å². The molecule has 26 heavy (non-hydrogen) atoms. The number of amides is 1. The summed E-state index contributed by atoms with van der Waals surface area (Å²) in [6, 6.07) is 14.2. The van der Waals surface area contributed by atoms with Crippen molar-refractivity contribution in [2.24, 2.45) is 0 Å². The number of halogens is 2. The standard InChI is InChI=1S/C19H14F2N2O2S/c20-12-7-11(8-13(21)9-12)19(25)23-14-1-6-18(17(22)10-14)26-16-4-2-15(24)3-5-16/h1-10,24H,22H2,(H,23,25). The zero-order valence-corrected chi connectivity index (χ0v) is 14.2. The lowest BCUT2D eigenvalue weighted by Gasteiger charge is -2.10. The maximum atomic E-state index is 13.2. The molecular formula is C19H14F2N2O2S. The second-order valence-corrected chi connectivity index (χ2v) is 6.58. The number of hydrogen-bond acceptors (Lipinski definition) is 4. The Kier molecular flexibility index (Phi) is 5.09. The fourth-order valence-corrected chi connectivity index (χ4v) is 3.09. The smallest absolute Gasteiger partial charge is 0.255 e. The summed E-state index contributed by atoms with van der Waals surface area (Å²) in [6.45, 7) is 0. The number of anilines is 2. The molecule has 0 aliphatic rings. The van der Waals surface area contributed by atoms with E-state index in [1.54, 1.807) is 42.5 Å². The Bertz CT molecular complexity index is 942. The molecule has 0 radical (unpaired) electrons. The van der Waals surface area contributed by atoms with E-state index in [0.29, 0.717) is 17.4 Å². The lowest BCUT2D eigenvalue weighted by Crippen LogP contribution is -2.12. The molecule has 132 valence electrons. The quantitative estimate of drug-likeness (QED) is 0.583. The number of phenolic OH excluding ortho intramolecular Hbond substituents is 1. The van der Waals surface area contributed by atoms with Crippen LogP contribution in [0.15, 0.2) is 70.5 Å². The van der Waals surface area contributed by atoms with Gasteiger partial charge in [0.2, 0.25) is 0 Å². The van der Waals surface area contributed by atoms with E-state index in [0.717, 1.165) is 21.9 Å². The summed E-state index contributed by atoms with van der Waals surface area (Å²) in [7, 11) is 0. The monoisotopic (exact) mass is 372 g/mol. The van der Waals surface area contributed by atoms with E-state index >= 15 is 0 Å². The molecule has 0 heterocycles. The van der Waals surface area contributed by atoms with Crippen LogP contribution in [0, 0.1) is 11.6 Å². The molecular weight excluding hydrogens is 358 g/mol. The summed E-state index contributed by atoms with van der Waals surface area (Å²) in [4.78, 5) is 13.8. The third-order valence-electron chi connectivity index (χ3n) is 3.46. The molecule has 3 aromatic rings. The Balaban J connectivity index is 1.74. The second kappa shape index (κ2) is 7.45. The number of carbonyl (C=O) groups is 1. The first-order chi connectivity index (χ1) is 12.4. The van der Waals surface area contributed by atoms with E-state index in [9.17, 15) is 18.7 Å². The van der Waals surface area contributed by atoms with Gasteiger partial charge in [0.25, 0.3) is 5.91 Å². The van der Waals surface area contributed by atoms with Crippen LogP contribution in [0.1, 0.15) is 10.4 Å². The van der Waals surface area contributed by atoms with Gasteiger partial charge in [0.1, 0.15) is 17.4 Å². The van der Waals surface area contributed by atoms with Crippen LogP contribution in [-0.2, 0) is 0 Å². The lowest BCUT2D eigenvalue weighted by atomic mass is 10.2. The predicted octanol–water partition coefficient (Wildman–Crippen LogP) is 4.66. The minimum atomic E-state index is -0.824. The van der Waals surface area contributed by atoms with Crippen LogP contribution in [-0.4, -0.2) is 11.0 Å². The maximum absolute atomic E-state index is 13.2. The van der Waals surface area contributed by atoms with Gasteiger partial charge in [-0.25, -0.2) is 8.78 Å². The van der Waals surface area contributed by atoms with Crippen molar-refractivity contribution in [3.05, 3.63) is 77.9 Å². The molecule has 3 rings (SSSR count). The lowest BCUT2D eigenvalue weighted by molar-refractivity contribution is 0.102. The minimum Gasteiger partial charge on any atom is -0.508 e. The van der Waals surface area contributed by atoms with Crippen LogP contribution < -0.4 is 11.1 Å². The van der Waals surface area contributed by atoms with Gasteiger partial charge in [-0.3, -0.25) is 4.79 Å². The summed E-state index contributed by atoms with van der Waals surface area (Å²) >= 11 is 1.40. The third-order valence-corrected chi connectivity index (χ3v) is 4.56. The van der Waals surface area contributed by atoms with Crippen LogP contribution in [0.2, 0.25) is 0 Å². The molecule has 1 amide bonds. The second-order valence-electron chi connectivity index (χ2n) is 5.46. The Morgan fingerprint density at radius 3 is 2.23 bits per heavy atom. The first-order valence-electron chi connectivity index (χ1n) is 7.54. The van der Waals surface area contributed by atoms with E-state index in [-0.39, 0.29) is 11.3 Å². The van der Waals surface area contributed by atoms with Crippen LogP contribution in [0.3, 0.4) is 0 Å². The summed E-state index contributed by atoms with van der Waals surface area (Å²) in [5, 5.41) is 11.9. The van der Waals surface area contributed by atoms with Gasteiger partial charge in [-0.05, 0) is 54.6 Å². The van der Waals surface area contributed by atoms with Crippen LogP contribution in [0.4, 0.5) is 20.2 Å². The van der Waals surface area contributed by atoms with Crippen molar-refractivity contribution in [2.75, 3.05) is 11.1 Å². The fraction of sp³-hybridized carbons (Fsp3) is 0. The van der Waals surface area contributed by atoms with E-state index in [1.165, 1.54) is 11.8 Å². The molecule has 4 N–H and O–H groups in total. The molecule has 4 nitrogen and oxygen atoms in total. The van der Waals surface area contributed by atoms with Gasteiger partial charge in [-0.1, -0.05) is 11.8 Å². The number of nitrogen functional groups attached to an aromatic ring is 1. The number of hydrogen-bond donors (Lipinski definition) is 3. The van der Waals surface area contributed by atoms with Gasteiger partial charge in [0.15, 0.2) is 0 Å². The van der Waals surface area contributed by atoms with Gasteiger partial charge in [-0.2, -0.15) is 0 Å². The number of aromatic hydroxyl groups is 1. The topological polar surface area (TPSA) is 75.3 Å². The van der Waals surface area contributed by atoms with Crippen LogP contribution in [0.5, 0.6) is 5.75 Å². The number of phenols is 1. The number of rotatable bonds is 4. The highest BCUT2D eigenvalue weighted by Gasteiger charge is 2.11. The molecule has 0 spiro atoms. The highest BCUT2D eigenvalue weighted by Crippen LogP contribution is 2.34. The van der Waals surface area contributed by atoms with Crippen molar-refractivity contribution in [2.45, 2.75) is 9.79 Å². The molecule has 0 aromatic heterocycles. The highest BCUT2D eigenvalue weighted by molar-refractivity contribution is 7.99. The molecule has 0 atom stereocenters. The zero-order valence-electron chi connectivity index (χ0n) is 13.4. The molecule has 0 bridgehead atoms. The van der Waals surface area contributed by atoms with Gasteiger partial charge >= 0.3 is 0 Å². The van der Waals surface area contributed by atoms with Crippen molar-refractivity contribution in [1.82, 2.24) is 0 Å². The molecule has 0 aliphatic heterocycles. The van der Waals surface area contributed by atoms with Gasteiger partial charge < -0.3 is 16.2 Å². The average molecular weight is 372 g/mol. The predicted molar refractivity (Wildman–Crippen MR) is 97.4 cm³/mol. The number of nitrogens with one attached hydrogen (secondary N) is 1. The van der Waals surface area contributed by atoms with Crippen molar-refractivity contribution < 1.29 is 18.7 Å². The fourth-order valence-electron chi connectivity index (χ4n) is 2.25. The van der Waals surface area contributed by atoms with E-state index < -0.39 is 17.5 Å². The molecule has 0 saturated carbocycles. The third kappa shape index (κ3) is 4.31. The molecule has 0 unspecified atom stereocenters. The molecule has 0 saturated heterocycles. The Hall–Kier alpha value is -3.06. The van der Waals surface area contributed by atoms with Crippen molar-refractivity contribution >= 4 is 29.0 Å². The van der Waals surface area contributed by atoms with Gasteiger partial charge in [0, 0.05) is 32.8 Å². The van der Waals surface area contributed by atoms with Crippen LogP contribution in [0.25, 0.3) is 0 Å².